The molecule has 0 unspecified atom stereocenters. The lowest BCUT2D eigenvalue weighted by Gasteiger charge is -2.08. The zero-order valence-corrected chi connectivity index (χ0v) is 14.7. The highest BCUT2D eigenvalue weighted by molar-refractivity contribution is 5.63. The average Bonchev–Trinajstić information content (AvgIpc) is 2.56. The fourth-order valence-corrected chi connectivity index (χ4v) is 2.41. The van der Waals surface area contributed by atoms with Crippen LogP contribution in [0, 0.1) is 0 Å². The molecule has 2 aromatic rings. The summed E-state index contributed by atoms with van der Waals surface area (Å²) in [7, 11) is 0. The monoisotopic (exact) mass is 322 g/mol. The van der Waals surface area contributed by atoms with Crippen LogP contribution in [0.15, 0.2) is 73.2 Å². The third-order valence-electron chi connectivity index (χ3n) is 3.72. The van der Waals surface area contributed by atoms with Gasteiger partial charge in [0.1, 0.15) is 0 Å². The number of rotatable bonds is 9. The molecule has 24 heavy (non-hydrogen) atoms. The van der Waals surface area contributed by atoms with Crippen LogP contribution in [-0.4, -0.2) is 13.2 Å². The molecule has 126 valence electrons. The number of ether oxygens (including phenoxy) is 2. The van der Waals surface area contributed by atoms with Crippen LogP contribution >= 0.6 is 0 Å². The first-order chi connectivity index (χ1) is 11.5. The number of allylic oxidation sites excluding steroid dienone is 2. The Morgan fingerprint density at radius 2 is 1.00 bits per heavy atom. The highest BCUT2D eigenvalue weighted by atomic mass is 16.5. The Balaban J connectivity index is 1.91. The molecule has 0 aliphatic heterocycles. The van der Waals surface area contributed by atoms with Crippen LogP contribution in [0.4, 0.5) is 0 Å². The van der Waals surface area contributed by atoms with Gasteiger partial charge in [0.15, 0.2) is 0 Å². The molecule has 0 spiro atoms. The van der Waals surface area contributed by atoms with Gasteiger partial charge < -0.3 is 9.47 Å². The Bertz CT molecular complexity index is 605. The minimum Gasteiger partial charge on any atom is -0.499 e. The lowest BCUT2D eigenvalue weighted by Crippen LogP contribution is -1.96. The van der Waals surface area contributed by atoms with E-state index in [1.807, 2.05) is 13.8 Å². The summed E-state index contributed by atoms with van der Waals surface area (Å²) in [6.45, 7) is 12.6. The van der Waals surface area contributed by atoms with E-state index in [9.17, 15) is 0 Å². The van der Waals surface area contributed by atoms with Crippen LogP contribution in [0.3, 0.4) is 0 Å². The summed E-state index contributed by atoms with van der Waals surface area (Å²) in [5, 5.41) is 0. The summed E-state index contributed by atoms with van der Waals surface area (Å²) in [5.74, 6) is 1.53. The topological polar surface area (TPSA) is 18.5 Å². The minimum absolute atomic E-state index is 0.676. The van der Waals surface area contributed by atoms with Crippen molar-refractivity contribution < 1.29 is 9.47 Å². The molecule has 2 rings (SSSR count). The summed E-state index contributed by atoms with van der Waals surface area (Å²) in [4.78, 5) is 0. The van der Waals surface area contributed by atoms with Gasteiger partial charge in [-0.2, -0.15) is 0 Å². The Labute approximate surface area is 145 Å². The number of hydrogen-bond donors (Lipinski definition) is 0. The van der Waals surface area contributed by atoms with Crippen molar-refractivity contribution >= 4 is 0 Å². The number of hydrogen-bond acceptors (Lipinski definition) is 2. The van der Waals surface area contributed by atoms with Crippen molar-refractivity contribution in [2.45, 2.75) is 26.7 Å². The third kappa shape index (κ3) is 5.96. The number of benzene rings is 2. The molecule has 0 aromatic heterocycles. The van der Waals surface area contributed by atoms with Gasteiger partial charge in [-0.05, 0) is 36.1 Å². The molecule has 0 radical (unpaired) electrons. The van der Waals surface area contributed by atoms with Crippen LogP contribution in [0.5, 0.6) is 0 Å². The van der Waals surface area contributed by atoms with E-state index in [0.29, 0.717) is 13.2 Å². The zero-order chi connectivity index (χ0) is 17.4. The van der Waals surface area contributed by atoms with Gasteiger partial charge in [-0.1, -0.05) is 61.7 Å². The maximum absolute atomic E-state index is 5.41. The SMILES string of the molecule is C=C(C)OCCc1ccc(-c2ccc(CCOC(=C)C)cc2)cc1. The Morgan fingerprint density at radius 3 is 1.29 bits per heavy atom. The molecular weight excluding hydrogens is 296 g/mol. The molecule has 2 nitrogen and oxygen atoms in total. The van der Waals surface area contributed by atoms with Gasteiger partial charge in [0.25, 0.3) is 0 Å². The van der Waals surface area contributed by atoms with Crippen molar-refractivity contribution in [3.8, 4) is 11.1 Å². The predicted octanol–water partition coefficient (Wildman–Crippen LogP) is 5.54. The first-order valence-electron chi connectivity index (χ1n) is 8.29. The molecule has 0 N–H and O–H groups in total. The highest BCUT2D eigenvalue weighted by Crippen LogP contribution is 2.21. The van der Waals surface area contributed by atoms with Crippen LogP contribution in [-0.2, 0) is 22.3 Å². The van der Waals surface area contributed by atoms with Crippen LogP contribution in [0.25, 0.3) is 11.1 Å². The van der Waals surface area contributed by atoms with Crippen LogP contribution in [0.2, 0.25) is 0 Å². The molecule has 0 amide bonds. The summed E-state index contributed by atoms with van der Waals surface area (Å²) in [5.41, 5.74) is 5.00. The quantitative estimate of drug-likeness (QED) is 0.564. The van der Waals surface area contributed by atoms with Crippen LogP contribution < -0.4 is 0 Å². The first kappa shape index (κ1) is 17.9. The second kappa shape index (κ2) is 8.97. The Hall–Kier alpha value is -2.48. The van der Waals surface area contributed by atoms with E-state index in [1.165, 1.54) is 22.3 Å². The van der Waals surface area contributed by atoms with Gasteiger partial charge in [-0.15, -0.1) is 0 Å². The fourth-order valence-electron chi connectivity index (χ4n) is 2.41. The van der Waals surface area contributed by atoms with E-state index in [-0.39, 0.29) is 0 Å². The summed E-state index contributed by atoms with van der Waals surface area (Å²) in [6.07, 6.45) is 1.80. The second-order valence-electron chi connectivity index (χ2n) is 5.99. The minimum atomic E-state index is 0.676. The van der Waals surface area contributed by atoms with E-state index in [1.54, 1.807) is 0 Å². The lowest BCUT2D eigenvalue weighted by atomic mass is 10.0. The first-order valence-corrected chi connectivity index (χ1v) is 8.29. The molecule has 0 saturated carbocycles. The summed E-state index contributed by atoms with van der Waals surface area (Å²) in [6, 6.07) is 17.3. The molecule has 0 bridgehead atoms. The van der Waals surface area contributed by atoms with Crippen molar-refractivity contribution in [2.24, 2.45) is 0 Å². The third-order valence-corrected chi connectivity index (χ3v) is 3.72. The van der Waals surface area contributed by atoms with Crippen molar-refractivity contribution in [3.05, 3.63) is 84.3 Å². The molecule has 2 heteroatoms. The largest absolute Gasteiger partial charge is 0.499 e. The van der Waals surface area contributed by atoms with E-state index < -0.39 is 0 Å². The van der Waals surface area contributed by atoms with Gasteiger partial charge in [0.05, 0.1) is 24.7 Å². The lowest BCUT2D eigenvalue weighted by molar-refractivity contribution is 0.219. The van der Waals surface area contributed by atoms with Crippen molar-refractivity contribution in [1.82, 2.24) is 0 Å². The van der Waals surface area contributed by atoms with E-state index in [2.05, 4.69) is 61.7 Å². The van der Waals surface area contributed by atoms with Gasteiger partial charge in [-0.3, -0.25) is 0 Å². The predicted molar refractivity (Wildman–Crippen MR) is 101 cm³/mol. The molecule has 0 aliphatic rings. The van der Waals surface area contributed by atoms with E-state index >= 15 is 0 Å². The van der Waals surface area contributed by atoms with Crippen molar-refractivity contribution in [2.75, 3.05) is 13.2 Å². The van der Waals surface area contributed by atoms with Gasteiger partial charge in [0.2, 0.25) is 0 Å². The summed E-state index contributed by atoms with van der Waals surface area (Å²) < 4.78 is 10.8. The molecule has 0 fully saturated rings. The fraction of sp³-hybridized carbons (Fsp3) is 0.273. The second-order valence-corrected chi connectivity index (χ2v) is 5.99. The highest BCUT2D eigenvalue weighted by Gasteiger charge is 2.00. The van der Waals surface area contributed by atoms with Gasteiger partial charge >= 0.3 is 0 Å². The maximum Gasteiger partial charge on any atom is 0.0917 e. The molecule has 0 saturated heterocycles. The van der Waals surface area contributed by atoms with E-state index in [4.69, 9.17) is 9.47 Å². The van der Waals surface area contributed by atoms with E-state index in [0.717, 1.165) is 24.4 Å². The maximum atomic E-state index is 5.41. The Kier molecular flexibility index (Phi) is 6.68. The summed E-state index contributed by atoms with van der Waals surface area (Å²) >= 11 is 0. The molecule has 2 aromatic carbocycles. The van der Waals surface area contributed by atoms with Crippen LogP contribution in [0.1, 0.15) is 25.0 Å². The Morgan fingerprint density at radius 1 is 0.667 bits per heavy atom. The van der Waals surface area contributed by atoms with Gasteiger partial charge in [0, 0.05) is 12.8 Å². The zero-order valence-electron chi connectivity index (χ0n) is 14.7. The molecule has 0 heterocycles. The van der Waals surface area contributed by atoms with Crippen molar-refractivity contribution in [1.29, 1.82) is 0 Å². The standard InChI is InChI=1S/C22H26O2/c1-17(2)23-15-13-19-5-9-21(10-6-19)22-11-7-20(8-12-22)14-16-24-18(3)4/h5-12H,1,3,13-16H2,2,4H3. The molecule has 0 atom stereocenters. The molecular formula is C22H26O2. The smallest absolute Gasteiger partial charge is 0.0917 e. The molecule has 0 aliphatic carbocycles. The average molecular weight is 322 g/mol. The van der Waals surface area contributed by atoms with Gasteiger partial charge in [-0.25, -0.2) is 0 Å². The normalized spacial score (nSPS) is 10.2. The van der Waals surface area contributed by atoms with Crippen molar-refractivity contribution in [3.63, 3.8) is 0 Å².